The maximum absolute atomic E-state index is 10.9. The molecule has 1 aromatic heterocycles. The summed E-state index contributed by atoms with van der Waals surface area (Å²) in [7, 11) is 0. The normalized spacial score (nSPS) is 25.1. The van der Waals surface area contributed by atoms with Gasteiger partial charge in [-0.2, -0.15) is 0 Å². The summed E-state index contributed by atoms with van der Waals surface area (Å²) in [6.07, 6.45) is 3.54. The summed E-state index contributed by atoms with van der Waals surface area (Å²) < 4.78 is 6.11. The molecule has 0 radical (unpaired) electrons. The highest BCUT2D eigenvalue weighted by Gasteiger charge is 2.49. The van der Waals surface area contributed by atoms with Crippen LogP contribution in [0.2, 0.25) is 0 Å². The number of rotatable bonds is 2. The Morgan fingerprint density at radius 3 is 2.57 bits per heavy atom. The molecule has 112 valence electrons. The molecular weight excluding hydrogens is 264 g/mol. The average molecular weight is 286 g/mol. The zero-order valence-corrected chi connectivity index (χ0v) is 13.0. The maximum atomic E-state index is 10.9. The second-order valence-corrected chi connectivity index (χ2v) is 6.99. The standard InChI is InChI=1S/C17H22N2O2/c1-16(2)10-12(17(3,4)21-16)15(20)11-6-5-7-13-14(11)19-9-8-18-13/h5-9,12,15,20H,10H2,1-4H3. The fraction of sp³-hybridized carbons (Fsp3) is 0.529. The molecule has 1 fully saturated rings. The first-order valence-electron chi connectivity index (χ1n) is 7.38. The number of nitrogens with zero attached hydrogens (tertiary/aromatic N) is 2. The van der Waals surface area contributed by atoms with Crippen LogP contribution >= 0.6 is 0 Å². The fourth-order valence-corrected chi connectivity index (χ4v) is 3.57. The van der Waals surface area contributed by atoms with Gasteiger partial charge in [-0.25, -0.2) is 0 Å². The number of hydrogen-bond donors (Lipinski definition) is 1. The van der Waals surface area contributed by atoms with Gasteiger partial charge in [0.2, 0.25) is 0 Å². The van der Waals surface area contributed by atoms with Crippen molar-refractivity contribution in [3.8, 4) is 0 Å². The second kappa shape index (κ2) is 4.75. The van der Waals surface area contributed by atoms with E-state index in [1.165, 1.54) is 0 Å². The minimum atomic E-state index is -0.609. The van der Waals surface area contributed by atoms with Crippen LogP contribution in [0.5, 0.6) is 0 Å². The van der Waals surface area contributed by atoms with E-state index in [4.69, 9.17) is 4.74 Å². The van der Waals surface area contributed by atoms with Gasteiger partial charge < -0.3 is 9.84 Å². The van der Waals surface area contributed by atoms with Crippen LogP contribution < -0.4 is 0 Å². The molecule has 0 saturated carbocycles. The lowest BCUT2D eigenvalue weighted by Crippen LogP contribution is -2.32. The highest BCUT2D eigenvalue weighted by atomic mass is 16.5. The lowest BCUT2D eigenvalue weighted by atomic mass is 9.80. The van der Waals surface area contributed by atoms with Gasteiger partial charge in [0.25, 0.3) is 0 Å². The van der Waals surface area contributed by atoms with Gasteiger partial charge in [-0.05, 0) is 40.2 Å². The van der Waals surface area contributed by atoms with E-state index in [2.05, 4.69) is 23.8 Å². The molecular formula is C17H22N2O2. The summed E-state index contributed by atoms with van der Waals surface area (Å²) in [5.41, 5.74) is 1.83. The zero-order chi connectivity index (χ0) is 15.3. The zero-order valence-electron chi connectivity index (χ0n) is 13.0. The Hall–Kier alpha value is -1.52. The van der Waals surface area contributed by atoms with Crippen LogP contribution in [0.3, 0.4) is 0 Å². The van der Waals surface area contributed by atoms with Gasteiger partial charge >= 0.3 is 0 Å². The molecule has 1 saturated heterocycles. The third kappa shape index (κ3) is 2.54. The van der Waals surface area contributed by atoms with E-state index in [0.29, 0.717) is 0 Å². The molecule has 21 heavy (non-hydrogen) atoms. The number of fused-ring (bicyclic) bond motifs is 1. The van der Waals surface area contributed by atoms with Crippen molar-refractivity contribution >= 4 is 11.0 Å². The molecule has 4 nitrogen and oxygen atoms in total. The number of ether oxygens (including phenoxy) is 1. The largest absolute Gasteiger partial charge is 0.388 e. The Kier molecular flexibility index (Phi) is 3.26. The highest BCUT2D eigenvalue weighted by Crippen LogP contribution is 2.48. The van der Waals surface area contributed by atoms with Crippen molar-refractivity contribution in [3.05, 3.63) is 36.2 Å². The molecule has 2 aromatic rings. The molecule has 0 spiro atoms. The van der Waals surface area contributed by atoms with Gasteiger partial charge in [0, 0.05) is 23.9 Å². The summed E-state index contributed by atoms with van der Waals surface area (Å²) in [6.45, 7) is 8.24. The van der Waals surface area contributed by atoms with Gasteiger partial charge in [-0.3, -0.25) is 9.97 Å². The first-order chi connectivity index (χ1) is 9.80. The molecule has 1 N–H and O–H groups in total. The molecule has 1 aliphatic heterocycles. The number of aliphatic hydroxyl groups excluding tert-OH is 1. The van der Waals surface area contributed by atoms with Crippen molar-refractivity contribution in [1.82, 2.24) is 9.97 Å². The van der Waals surface area contributed by atoms with E-state index < -0.39 is 6.10 Å². The molecule has 2 heterocycles. The van der Waals surface area contributed by atoms with Crippen LogP contribution in [-0.4, -0.2) is 26.3 Å². The smallest absolute Gasteiger partial charge is 0.0944 e. The van der Waals surface area contributed by atoms with Crippen LogP contribution in [0.1, 0.15) is 45.8 Å². The summed E-state index contributed by atoms with van der Waals surface area (Å²) in [5, 5.41) is 10.9. The van der Waals surface area contributed by atoms with Gasteiger partial charge in [0.05, 0.1) is 28.3 Å². The Labute approximate surface area is 125 Å². The number of aromatic nitrogens is 2. The molecule has 0 amide bonds. The van der Waals surface area contributed by atoms with E-state index in [-0.39, 0.29) is 17.1 Å². The van der Waals surface area contributed by atoms with E-state index in [0.717, 1.165) is 23.0 Å². The third-order valence-corrected chi connectivity index (χ3v) is 4.37. The van der Waals surface area contributed by atoms with Crippen molar-refractivity contribution in [2.24, 2.45) is 5.92 Å². The van der Waals surface area contributed by atoms with Crippen molar-refractivity contribution in [2.45, 2.75) is 51.4 Å². The summed E-state index contributed by atoms with van der Waals surface area (Å²) in [5.74, 6) is 0.0279. The minimum Gasteiger partial charge on any atom is -0.388 e. The molecule has 3 rings (SSSR count). The lowest BCUT2D eigenvalue weighted by Gasteiger charge is -2.30. The number of hydrogen-bond acceptors (Lipinski definition) is 4. The second-order valence-electron chi connectivity index (χ2n) is 6.99. The van der Waals surface area contributed by atoms with E-state index >= 15 is 0 Å². The molecule has 0 bridgehead atoms. The highest BCUT2D eigenvalue weighted by molar-refractivity contribution is 5.77. The van der Waals surface area contributed by atoms with E-state index in [9.17, 15) is 5.11 Å². The fourth-order valence-electron chi connectivity index (χ4n) is 3.57. The first kappa shape index (κ1) is 14.4. The molecule has 1 aromatic carbocycles. The first-order valence-corrected chi connectivity index (χ1v) is 7.38. The van der Waals surface area contributed by atoms with Crippen LogP contribution in [-0.2, 0) is 4.74 Å². The molecule has 4 heteroatoms. The predicted octanol–water partition coefficient (Wildman–Crippen LogP) is 3.26. The van der Waals surface area contributed by atoms with Crippen molar-refractivity contribution in [2.75, 3.05) is 0 Å². The number of aliphatic hydroxyl groups is 1. The monoisotopic (exact) mass is 286 g/mol. The Morgan fingerprint density at radius 1 is 1.19 bits per heavy atom. The van der Waals surface area contributed by atoms with Crippen LogP contribution in [0, 0.1) is 5.92 Å². The number of para-hydroxylation sites is 1. The molecule has 2 unspecified atom stereocenters. The van der Waals surface area contributed by atoms with Gasteiger partial charge in [0.1, 0.15) is 0 Å². The Balaban J connectivity index is 2.03. The Bertz CT molecular complexity index is 661. The third-order valence-electron chi connectivity index (χ3n) is 4.37. The van der Waals surface area contributed by atoms with Crippen molar-refractivity contribution < 1.29 is 9.84 Å². The summed E-state index contributed by atoms with van der Waals surface area (Å²) >= 11 is 0. The van der Waals surface area contributed by atoms with Gasteiger partial charge in [-0.15, -0.1) is 0 Å². The van der Waals surface area contributed by atoms with Crippen molar-refractivity contribution in [1.29, 1.82) is 0 Å². The van der Waals surface area contributed by atoms with Crippen LogP contribution in [0.25, 0.3) is 11.0 Å². The molecule has 0 aliphatic carbocycles. The molecule has 1 aliphatic rings. The summed E-state index contributed by atoms with van der Waals surface area (Å²) in [6, 6.07) is 5.77. The Morgan fingerprint density at radius 2 is 1.90 bits per heavy atom. The SMILES string of the molecule is CC1(C)CC(C(O)c2cccc3nccnc23)C(C)(C)O1. The quantitative estimate of drug-likeness (QED) is 0.920. The van der Waals surface area contributed by atoms with E-state index in [1.807, 2.05) is 32.0 Å². The lowest BCUT2D eigenvalue weighted by molar-refractivity contribution is -0.0879. The topological polar surface area (TPSA) is 55.2 Å². The molecule has 2 atom stereocenters. The average Bonchev–Trinajstić information content (AvgIpc) is 2.65. The number of benzene rings is 1. The van der Waals surface area contributed by atoms with Crippen molar-refractivity contribution in [3.63, 3.8) is 0 Å². The van der Waals surface area contributed by atoms with Crippen LogP contribution in [0.4, 0.5) is 0 Å². The van der Waals surface area contributed by atoms with Crippen LogP contribution in [0.15, 0.2) is 30.6 Å². The summed E-state index contributed by atoms with van der Waals surface area (Å²) in [4.78, 5) is 8.71. The van der Waals surface area contributed by atoms with Gasteiger partial charge in [0.15, 0.2) is 0 Å². The van der Waals surface area contributed by atoms with E-state index in [1.54, 1.807) is 12.4 Å². The minimum absolute atomic E-state index is 0.0279. The van der Waals surface area contributed by atoms with Gasteiger partial charge in [-0.1, -0.05) is 12.1 Å². The predicted molar refractivity (Wildman–Crippen MR) is 81.8 cm³/mol. The maximum Gasteiger partial charge on any atom is 0.0944 e.